The van der Waals surface area contributed by atoms with Crippen molar-refractivity contribution >= 4 is 27.1 Å². The minimum absolute atomic E-state index is 0.0107. The molecule has 0 aliphatic rings. The van der Waals surface area contributed by atoms with E-state index < -0.39 is 21.4 Å². The van der Waals surface area contributed by atoms with Crippen LogP contribution in [0.4, 0.5) is 10.1 Å². The Balaban J connectivity index is 2.40. The highest BCUT2D eigenvalue weighted by molar-refractivity contribution is 7.90. The van der Waals surface area contributed by atoms with Crippen molar-refractivity contribution in [1.82, 2.24) is 0 Å². The molecule has 0 saturated carbocycles. The third kappa shape index (κ3) is 3.32. The minimum atomic E-state index is -3.81. The normalized spacial score (nSPS) is 11.1. The number of nitrogens with two attached hydrogens (primary N) is 1. The van der Waals surface area contributed by atoms with Gasteiger partial charge in [0.15, 0.2) is 9.84 Å². The van der Waals surface area contributed by atoms with E-state index in [1.165, 1.54) is 30.3 Å². The molecule has 0 amide bonds. The maximum atomic E-state index is 13.8. The predicted molar refractivity (Wildman–Crippen MR) is 77.9 cm³/mol. The molecule has 21 heavy (non-hydrogen) atoms. The van der Waals surface area contributed by atoms with Gasteiger partial charge < -0.3 is 5.73 Å². The summed E-state index contributed by atoms with van der Waals surface area (Å²) in [5.74, 6) is -1.29. The van der Waals surface area contributed by atoms with Gasteiger partial charge in [-0.3, -0.25) is 0 Å². The zero-order valence-corrected chi connectivity index (χ0v) is 12.2. The average Bonchev–Trinajstić information content (AvgIpc) is 2.40. The van der Waals surface area contributed by atoms with Crippen LogP contribution in [-0.4, -0.2) is 8.42 Å². The maximum Gasteiger partial charge on any atom is 0.184 e. The summed E-state index contributed by atoms with van der Waals surface area (Å²) >= 11 is 5.72. The van der Waals surface area contributed by atoms with Gasteiger partial charge in [-0.15, -0.1) is 0 Å². The number of hydrogen-bond donors (Lipinski definition) is 1. The fourth-order valence-electron chi connectivity index (χ4n) is 1.82. The lowest BCUT2D eigenvalue weighted by Crippen LogP contribution is -2.09. The lowest BCUT2D eigenvalue weighted by molar-refractivity contribution is 0.587. The van der Waals surface area contributed by atoms with Crippen LogP contribution in [0.2, 0.25) is 5.02 Å². The molecule has 0 heterocycles. The SMILES string of the molecule is N#Cc1ccc(CS(=O)(=O)c2ccc(Cl)cc2N)c(F)c1. The molecule has 2 N–H and O–H groups in total. The highest BCUT2D eigenvalue weighted by atomic mass is 35.5. The topological polar surface area (TPSA) is 84.0 Å². The van der Waals surface area contributed by atoms with Crippen molar-refractivity contribution in [2.24, 2.45) is 0 Å². The van der Waals surface area contributed by atoms with Gasteiger partial charge in [0, 0.05) is 10.6 Å². The quantitative estimate of drug-likeness (QED) is 0.880. The van der Waals surface area contributed by atoms with Gasteiger partial charge in [-0.2, -0.15) is 5.26 Å². The molecule has 0 unspecified atom stereocenters. The molecule has 4 nitrogen and oxygen atoms in total. The zero-order chi connectivity index (χ0) is 15.6. The van der Waals surface area contributed by atoms with Crippen LogP contribution in [0, 0.1) is 17.1 Å². The fraction of sp³-hybridized carbons (Fsp3) is 0.0714. The summed E-state index contributed by atoms with van der Waals surface area (Å²) in [6.07, 6.45) is 0. The molecule has 2 rings (SSSR count). The first-order valence-corrected chi connectivity index (χ1v) is 7.83. The Bertz CT molecular complexity index is 845. The summed E-state index contributed by atoms with van der Waals surface area (Å²) < 4.78 is 38.4. The van der Waals surface area contributed by atoms with Crippen molar-refractivity contribution in [3.05, 3.63) is 58.4 Å². The number of halogens is 2. The summed E-state index contributed by atoms with van der Waals surface area (Å²) in [4.78, 5) is -0.101. The number of nitriles is 1. The van der Waals surface area contributed by atoms with Crippen molar-refractivity contribution in [1.29, 1.82) is 5.26 Å². The number of rotatable bonds is 3. The average molecular weight is 325 g/mol. The molecule has 7 heteroatoms. The molecule has 0 atom stereocenters. The molecule has 0 aliphatic carbocycles. The van der Waals surface area contributed by atoms with Crippen molar-refractivity contribution in [3.63, 3.8) is 0 Å². The molecule has 0 spiro atoms. The van der Waals surface area contributed by atoms with Crippen molar-refractivity contribution in [2.45, 2.75) is 10.6 Å². The van der Waals surface area contributed by atoms with Crippen molar-refractivity contribution < 1.29 is 12.8 Å². The smallest absolute Gasteiger partial charge is 0.184 e. The first-order chi connectivity index (χ1) is 9.83. The van der Waals surface area contributed by atoms with Gasteiger partial charge in [-0.1, -0.05) is 17.7 Å². The van der Waals surface area contributed by atoms with Crippen LogP contribution in [0.5, 0.6) is 0 Å². The standard InChI is InChI=1S/C14H10ClFN2O2S/c15-11-3-4-14(13(18)6-11)21(19,20)8-10-2-1-9(7-17)5-12(10)16/h1-6H,8,18H2. The van der Waals surface area contributed by atoms with E-state index >= 15 is 0 Å². The second kappa shape index (κ2) is 5.72. The number of nitrogen functional groups attached to an aromatic ring is 1. The van der Waals surface area contributed by atoms with Gasteiger partial charge >= 0.3 is 0 Å². The molecule has 0 saturated heterocycles. The number of anilines is 1. The summed E-state index contributed by atoms with van der Waals surface area (Å²) in [5, 5.41) is 8.98. The van der Waals surface area contributed by atoms with Crippen LogP contribution in [-0.2, 0) is 15.6 Å². The van der Waals surface area contributed by atoms with Gasteiger partial charge in [0.25, 0.3) is 0 Å². The van der Waals surface area contributed by atoms with Crippen LogP contribution in [0.1, 0.15) is 11.1 Å². The van der Waals surface area contributed by atoms with Crippen molar-refractivity contribution in [2.75, 3.05) is 5.73 Å². The molecular formula is C14H10ClFN2O2S. The zero-order valence-electron chi connectivity index (χ0n) is 10.7. The molecule has 2 aromatic rings. The van der Waals surface area contributed by atoms with Gasteiger partial charge in [0.05, 0.1) is 28.0 Å². The third-order valence-electron chi connectivity index (χ3n) is 2.83. The van der Waals surface area contributed by atoms with E-state index in [4.69, 9.17) is 22.6 Å². The Kier molecular flexibility index (Phi) is 4.16. The first-order valence-electron chi connectivity index (χ1n) is 5.80. The third-order valence-corrected chi connectivity index (χ3v) is 4.80. The number of sulfone groups is 1. The van der Waals surface area contributed by atoms with Gasteiger partial charge in [0.2, 0.25) is 0 Å². The Morgan fingerprint density at radius 2 is 1.95 bits per heavy atom. The van der Waals surface area contributed by atoms with E-state index in [9.17, 15) is 12.8 Å². The molecule has 0 bridgehead atoms. The Morgan fingerprint density at radius 1 is 1.24 bits per heavy atom. The number of nitrogens with zero attached hydrogens (tertiary/aromatic N) is 1. The fourth-order valence-corrected chi connectivity index (χ4v) is 3.49. The monoisotopic (exact) mass is 324 g/mol. The lowest BCUT2D eigenvalue weighted by atomic mass is 10.1. The van der Waals surface area contributed by atoms with Crippen LogP contribution < -0.4 is 5.73 Å². The predicted octanol–water partition coefficient (Wildman–Crippen LogP) is 2.91. The Morgan fingerprint density at radius 3 is 2.52 bits per heavy atom. The van der Waals surface area contributed by atoms with Crippen LogP contribution in [0.25, 0.3) is 0 Å². The van der Waals surface area contributed by atoms with Crippen LogP contribution >= 0.6 is 11.6 Å². The largest absolute Gasteiger partial charge is 0.398 e. The maximum absolute atomic E-state index is 13.8. The first kappa shape index (κ1) is 15.3. The van der Waals surface area contributed by atoms with Crippen LogP contribution in [0.3, 0.4) is 0 Å². The van der Waals surface area contributed by atoms with Gasteiger partial charge in [0.1, 0.15) is 5.82 Å². The summed E-state index contributed by atoms with van der Waals surface area (Å²) in [6.45, 7) is 0. The second-order valence-electron chi connectivity index (χ2n) is 4.36. The molecule has 108 valence electrons. The summed E-state index contributed by atoms with van der Waals surface area (Å²) in [6, 6.07) is 9.42. The lowest BCUT2D eigenvalue weighted by Gasteiger charge is -2.09. The summed E-state index contributed by atoms with van der Waals surface area (Å²) in [5.41, 5.74) is 5.76. The molecular weight excluding hydrogens is 315 g/mol. The molecule has 2 aromatic carbocycles. The Labute approximate surface area is 126 Å². The number of hydrogen-bond acceptors (Lipinski definition) is 4. The minimum Gasteiger partial charge on any atom is -0.398 e. The molecule has 0 fully saturated rings. The highest BCUT2D eigenvalue weighted by Gasteiger charge is 2.20. The number of benzene rings is 2. The molecule has 0 radical (unpaired) electrons. The molecule has 0 aromatic heterocycles. The van der Waals surface area contributed by atoms with Gasteiger partial charge in [-0.05, 0) is 30.3 Å². The van der Waals surface area contributed by atoms with E-state index in [0.29, 0.717) is 5.02 Å². The summed E-state index contributed by atoms with van der Waals surface area (Å²) in [7, 11) is -3.81. The van der Waals surface area contributed by atoms with E-state index in [0.717, 1.165) is 6.07 Å². The van der Waals surface area contributed by atoms with Crippen molar-refractivity contribution in [3.8, 4) is 6.07 Å². The van der Waals surface area contributed by atoms with E-state index in [2.05, 4.69) is 0 Å². The van der Waals surface area contributed by atoms with E-state index in [1.807, 2.05) is 0 Å². The van der Waals surface area contributed by atoms with E-state index in [-0.39, 0.29) is 21.7 Å². The molecule has 0 aliphatic heterocycles. The van der Waals surface area contributed by atoms with Gasteiger partial charge in [-0.25, -0.2) is 12.8 Å². The van der Waals surface area contributed by atoms with E-state index in [1.54, 1.807) is 6.07 Å². The Hall–Kier alpha value is -2.10. The highest BCUT2D eigenvalue weighted by Crippen LogP contribution is 2.26. The second-order valence-corrected chi connectivity index (χ2v) is 6.75. The van der Waals surface area contributed by atoms with Crippen LogP contribution in [0.15, 0.2) is 41.3 Å².